The highest BCUT2D eigenvalue weighted by molar-refractivity contribution is 9.10. The Hall–Kier alpha value is -2.91. The van der Waals surface area contributed by atoms with Crippen molar-refractivity contribution in [3.8, 4) is 11.4 Å². The number of halogens is 5. The quantitative estimate of drug-likeness (QED) is 0.366. The maximum atomic E-state index is 14.3. The number of aromatic nitrogens is 3. The molecule has 0 unspecified atom stereocenters. The summed E-state index contributed by atoms with van der Waals surface area (Å²) in [5.74, 6) is -3.70. The van der Waals surface area contributed by atoms with Gasteiger partial charge in [0.05, 0.1) is 10.6 Å². The summed E-state index contributed by atoms with van der Waals surface area (Å²) in [6.07, 6.45) is 1.70. The van der Waals surface area contributed by atoms with Crippen LogP contribution in [0.2, 0.25) is 5.02 Å². The van der Waals surface area contributed by atoms with Crippen LogP contribution < -0.4 is 5.32 Å². The monoisotopic (exact) mass is 494 g/mol. The van der Waals surface area contributed by atoms with Crippen LogP contribution in [0.5, 0.6) is 0 Å². The normalized spacial score (nSPS) is 11.1. The summed E-state index contributed by atoms with van der Waals surface area (Å²) >= 11 is 9.08. The fourth-order valence-electron chi connectivity index (χ4n) is 2.90. The number of amides is 1. The van der Waals surface area contributed by atoms with E-state index in [0.717, 1.165) is 22.7 Å². The Morgan fingerprint density at radius 3 is 2.70 bits per heavy atom. The Balaban J connectivity index is 1.74. The molecule has 0 spiro atoms. The van der Waals surface area contributed by atoms with Gasteiger partial charge in [-0.25, -0.2) is 22.7 Å². The van der Waals surface area contributed by atoms with Gasteiger partial charge < -0.3 is 5.32 Å². The first-order valence-electron chi connectivity index (χ1n) is 8.52. The molecule has 152 valence electrons. The fraction of sp³-hybridized carbons (Fsp3) is 0.0500. The van der Waals surface area contributed by atoms with Gasteiger partial charge in [-0.3, -0.25) is 4.79 Å². The zero-order valence-corrected chi connectivity index (χ0v) is 17.5. The van der Waals surface area contributed by atoms with Crippen LogP contribution in [-0.4, -0.2) is 20.5 Å². The second-order valence-corrected chi connectivity index (χ2v) is 7.68. The smallest absolute Gasteiger partial charge is 0.257 e. The van der Waals surface area contributed by atoms with E-state index in [1.807, 2.05) is 0 Å². The van der Waals surface area contributed by atoms with Gasteiger partial charge in [-0.05, 0) is 64.8 Å². The number of carbonyl (C=O) groups excluding carboxylic acids is 1. The van der Waals surface area contributed by atoms with Crippen LogP contribution in [0.25, 0.3) is 17.0 Å². The van der Waals surface area contributed by atoms with Gasteiger partial charge in [0.2, 0.25) is 0 Å². The predicted molar refractivity (Wildman–Crippen MR) is 110 cm³/mol. The summed E-state index contributed by atoms with van der Waals surface area (Å²) in [5, 5.41) is 6.17. The summed E-state index contributed by atoms with van der Waals surface area (Å²) in [6.45, 7) is 1.65. The third-order valence-electron chi connectivity index (χ3n) is 4.44. The standard InChI is InChI=1S/C20H11BrClF3N4O/c1-9-13(19-27-16-5-2-10(21)8-29(16)28-19)6-11(23)7-15(9)26-20(30)12-3-4-14(24)18(25)17(12)22/h2-8H,1H3,(H,26,30). The van der Waals surface area contributed by atoms with E-state index in [4.69, 9.17) is 11.6 Å². The van der Waals surface area contributed by atoms with Crippen molar-refractivity contribution < 1.29 is 18.0 Å². The van der Waals surface area contributed by atoms with Crippen molar-refractivity contribution >= 4 is 44.8 Å². The van der Waals surface area contributed by atoms with Crippen molar-refractivity contribution in [2.45, 2.75) is 6.92 Å². The lowest BCUT2D eigenvalue weighted by atomic mass is 10.1. The molecule has 0 radical (unpaired) electrons. The summed E-state index contributed by atoms with van der Waals surface area (Å²) < 4.78 is 43.6. The first-order valence-corrected chi connectivity index (χ1v) is 9.69. The molecular weight excluding hydrogens is 485 g/mol. The molecule has 0 bridgehead atoms. The Kier molecular flexibility index (Phi) is 5.25. The molecule has 0 aliphatic carbocycles. The van der Waals surface area contributed by atoms with Gasteiger partial charge in [0.25, 0.3) is 5.91 Å². The third-order valence-corrected chi connectivity index (χ3v) is 5.27. The second kappa shape index (κ2) is 7.73. The molecule has 0 aliphatic heterocycles. The largest absolute Gasteiger partial charge is 0.322 e. The van der Waals surface area contributed by atoms with Crippen LogP contribution in [0.3, 0.4) is 0 Å². The summed E-state index contributed by atoms with van der Waals surface area (Å²) in [4.78, 5) is 16.9. The van der Waals surface area contributed by atoms with Gasteiger partial charge in [0.1, 0.15) is 5.82 Å². The van der Waals surface area contributed by atoms with E-state index in [0.29, 0.717) is 16.8 Å². The highest BCUT2D eigenvalue weighted by Gasteiger charge is 2.20. The van der Waals surface area contributed by atoms with E-state index < -0.39 is 28.4 Å². The van der Waals surface area contributed by atoms with E-state index in [9.17, 15) is 18.0 Å². The Labute approximate surface area is 181 Å². The fourth-order valence-corrected chi connectivity index (χ4v) is 3.47. The maximum Gasteiger partial charge on any atom is 0.257 e. The minimum atomic E-state index is -1.33. The van der Waals surface area contributed by atoms with Crippen LogP contribution in [0.4, 0.5) is 18.9 Å². The highest BCUT2D eigenvalue weighted by atomic mass is 79.9. The van der Waals surface area contributed by atoms with Crippen molar-refractivity contribution in [3.05, 3.63) is 80.7 Å². The first-order chi connectivity index (χ1) is 14.2. The van der Waals surface area contributed by atoms with Gasteiger partial charge in [-0.1, -0.05) is 11.6 Å². The number of pyridine rings is 1. The van der Waals surface area contributed by atoms with Crippen LogP contribution in [0.1, 0.15) is 15.9 Å². The molecular formula is C20H11BrClF3N4O. The number of hydrogen-bond acceptors (Lipinski definition) is 3. The summed E-state index contributed by atoms with van der Waals surface area (Å²) in [5.41, 5.74) is 1.24. The van der Waals surface area contributed by atoms with Crippen molar-refractivity contribution in [2.24, 2.45) is 0 Å². The predicted octanol–water partition coefficient (Wildman–Crippen LogP) is 5.79. The Bertz CT molecular complexity index is 1330. The van der Waals surface area contributed by atoms with Crippen molar-refractivity contribution in [1.29, 1.82) is 0 Å². The molecule has 5 nitrogen and oxygen atoms in total. The molecule has 1 N–H and O–H groups in total. The summed E-state index contributed by atoms with van der Waals surface area (Å²) in [6, 6.07) is 7.73. The van der Waals surface area contributed by atoms with Gasteiger partial charge in [0.15, 0.2) is 23.1 Å². The zero-order valence-electron chi connectivity index (χ0n) is 15.2. The van der Waals surface area contributed by atoms with Crippen molar-refractivity contribution in [2.75, 3.05) is 5.32 Å². The molecule has 10 heteroatoms. The molecule has 30 heavy (non-hydrogen) atoms. The minimum Gasteiger partial charge on any atom is -0.322 e. The lowest BCUT2D eigenvalue weighted by Gasteiger charge is -2.12. The Morgan fingerprint density at radius 1 is 1.17 bits per heavy atom. The van der Waals surface area contributed by atoms with Crippen LogP contribution in [0, 0.1) is 24.4 Å². The number of nitrogens with one attached hydrogen (secondary N) is 1. The molecule has 1 amide bonds. The van der Waals surface area contributed by atoms with Gasteiger partial charge in [0, 0.05) is 21.9 Å². The van der Waals surface area contributed by atoms with E-state index in [-0.39, 0.29) is 17.1 Å². The topological polar surface area (TPSA) is 59.3 Å². The molecule has 0 aliphatic rings. The van der Waals surface area contributed by atoms with Gasteiger partial charge >= 0.3 is 0 Å². The molecule has 0 saturated heterocycles. The number of anilines is 1. The van der Waals surface area contributed by atoms with Gasteiger partial charge in [-0.15, -0.1) is 5.10 Å². The Morgan fingerprint density at radius 2 is 1.93 bits per heavy atom. The lowest BCUT2D eigenvalue weighted by Crippen LogP contribution is -2.15. The molecule has 2 aromatic heterocycles. The molecule has 0 atom stereocenters. The van der Waals surface area contributed by atoms with Crippen molar-refractivity contribution in [1.82, 2.24) is 14.6 Å². The van der Waals surface area contributed by atoms with Crippen LogP contribution in [-0.2, 0) is 0 Å². The number of hydrogen-bond donors (Lipinski definition) is 1. The molecule has 2 heterocycles. The van der Waals surface area contributed by atoms with Crippen LogP contribution in [0.15, 0.2) is 47.1 Å². The number of fused-ring (bicyclic) bond motifs is 1. The minimum absolute atomic E-state index is 0.121. The van der Waals surface area contributed by atoms with Gasteiger partial charge in [-0.2, -0.15) is 0 Å². The third kappa shape index (κ3) is 3.66. The van der Waals surface area contributed by atoms with Crippen LogP contribution >= 0.6 is 27.5 Å². The summed E-state index contributed by atoms with van der Waals surface area (Å²) in [7, 11) is 0. The zero-order chi connectivity index (χ0) is 21.6. The molecule has 4 rings (SSSR count). The maximum absolute atomic E-state index is 14.3. The average Bonchev–Trinajstić information content (AvgIpc) is 3.11. The molecule has 2 aromatic carbocycles. The first kappa shape index (κ1) is 20.4. The number of benzene rings is 2. The molecule has 0 saturated carbocycles. The van der Waals surface area contributed by atoms with E-state index in [2.05, 4.69) is 31.3 Å². The molecule has 0 fully saturated rings. The van der Waals surface area contributed by atoms with E-state index in [1.54, 1.807) is 25.3 Å². The average molecular weight is 496 g/mol. The van der Waals surface area contributed by atoms with E-state index in [1.165, 1.54) is 10.6 Å². The number of carbonyl (C=O) groups is 1. The SMILES string of the molecule is Cc1c(NC(=O)c2ccc(F)c(F)c2Cl)cc(F)cc1-c1nc2ccc(Br)cn2n1. The van der Waals surface area contributed by atoms with Crippen molar-refractivity contribution in [3.63, 3.8) is 0 Å². The number of nitrogens with zero attached hydrogens (tertiary/aromatic N) is 3. The molecule has 4 aromatic rings. The lowest BCUT2D eigenvalue weighted by molar-refractivity contribution is 0.102. The second-order valence-electron chi connectivity index (χ2n) is 6.39. The number of rotatable bonds is 3. The highest BCUT2D eigenvalue weighted by Crippen LogP contribution is 2.30. The van der Waals surface area contributed by atoms with E-state index >= 15 is 0 Å².